The highest BCUT2D eigenvalue weighted by Gasteiger charge is 2.48. The van der Waals surface area contributed by atoms with Crippen LogP contribution in [0.15, 0.2) is 34.0 Å². The monoisotopic (exact) mass is 745 g/mol. The smallest absolute Gasteiger partial charge is 0.330 e. The number of nitrogens with one attached hydrogen (secondary N) is 2. The van der Waals surface area contributed by atoms with E-state index >= 15 is 0 Å². The number of unbranched alkanes of at least 4 members (excludes halogenated alkanes) is 2. The Morgan fingerprint density at radius 3 is 2.02 bits per heavy atom. The van der Waals surface area contributed by atoms with Crippen molar-refractivity contribution in [3.8, 4) is 118 Å². The molecule has 1 aliphatic rings. The number of hydrogen-bond donors (Lipinski definition) is 3. The fourth-order valence-corrected chi connectivity index (χ4v) is 5.23. The third kappa shape index (κ3) is 18.1. The van der Waals surface area contributed by atoms with Gasteiger partial charge in [-0.3, -0.25) is 19.1 Å². The topological polar surface area (TPSA) is 141 Å². The zero-order valence-electron chi connectivity index (χ0n) is 29.0. The second-order valence-electron chi connectivity index (χ2n) is 10.0. The van der Waals surface area contributed by atoms with Crippen LogP contribution >= 0.6 is 6.72 Å². The molecule has 0 spiro atoms. The van der Waals surface area contributed by atoms with Crippen molar-refractivity contribution in [1.82, 2.24) is 14.9 Å². The van der Waals surface area contributed by atoms with Gasteiger partial charge in [0.25, 0.3) is 11.5 Å². The van der Waals surface area contributed by atoms with Gasteiger partial charge in [0.2, 0.25) is 0 Å². The Balaban J connectivity index is 1.81. The van der Waals surface area contributed by atoms with Gasteiger partial charge in [-0.25, -0.2) is 4.79 Å². The van der Waals surface area contributed by atoms with Crippen LogP contribution in [0.25, 0.3) is 0 Å². The fraction of sp³-hybridized carbons (Fsp3) is 0.325. The maximum atomic E-state index is 12.6. The predicted octanol–water partition coefficient (Wildman–Crippen LogP) is 1.23. The second-order valence-corrected chi connectivity index (χ2v) is 12.9. The van der Waals surface area contributed by atoms with Crippen molar-refractivity contribution in [2.75, 3.05) is 27.4 Å². The molecule has 53 heavy (non-hydrogen) atoms. The van der Waals surface area contributed by atoms with Crippen LogP contribution in [0, 0.1) is 124 Å². The number of nitrogens with zero attached hydrogens (tertiary/aromatic N) is 1. The summed E-state index contributed by atoms with van der Waals surface area (Å²) in [5, 5.41) is 2.70. The van der Waals surface area contributed by atoms with E-state index in [1.165, 1.54) is 31.0 Å². The summed E-state index contributed by atoms with van der Waals surface area (Å²) >= 11 is 5.08. The van der Waals surface area contributed by atoms with E-state index in [-0.39, 0.29) is 6.61 Å². The quantitative estimate of drug-likeness (QED) is 0.118. The van der Waals surface area contributed by atoms with E-state index in [1.54, 1.807) is 6.92 Å². The van der Waals surface area contributed by atoms with Gasteiger partial charge in [0, 0.05) is 56.7 Å². The molecule has 2 unspecified atom stereocenters. The molecular formula is C40H32N3O8PS. The van der Waals surface area contributed by atoms with Crippen LogP contribution in [0.4, 0.5) is 0 Å². The number of carbonyl (C=O) groups excluding carboxylic acids is 1. The summed E-state index contributed by atoms with van der Waals surface area (Å²) in [7, 11) is 2.73. The Hall–Kier alpha value is -6.06. The van der Waals surface area contributed by atoms with Crippen LogP contribution in [0.2, 0.25) is 0 Å². The number of allylic oxidation sites excluding steroid dienone is 2. The predicted molar refractivity (Wildman–Crippen MR) is 203 cm³/mol. The standard InChI is InChI=1S/C40H32N3O8PS/c1-4-5-6-7-8-9-10-11-12-13-14-15-16-17-18-19-20-23-26-29-36(44)41-31-27-24-21-22-25-28-34-38(51-52(47,53)49-3)35(33-48-2)50-39(34)43-32-30-37(45)42-40(43)46/h22,25,30,32,34-35,38-39H,21,24,27-28,31,33H2,1-3H3,(H,41,44)(H,47,53)(H,42,45,46)/b25-22+/t34-,35+,38?,39+,52?/m0/s1. The molecule has 0 aliphatic carbocycles. The fourth-order valence-electron chi connectivity index (χ4n) is 4.24. The molecular weight excluding hydrogens is 713 g/mol. The van der Waals surface area contributed by atoms with Crippen molar-refractivity contribution >= 4 is 24.4 Å². The summed E-state index contributed by atoms with van der Waals surface area (Å²) in [5.41, 5.74) is -1.20. The zero-order valence-corrected chi connectivity index (χ0v) is 30.7. The molecule has 1 aromatic heterocycles. The van der Waals surface area contributed by atoms with Crippen molar-refractivity contribution in [3.05, 3.63) is 45.3 Å². The van der Waals surface area contributed by atoms with Crippen LogP contribution in [-0.4, -0.2) is 59.9 Å². The molecule has 266 valence electrons. The molecule has 13 heteroatoms. The van der Waals surface area contributed by atoms with Gasteiger partial charge in [-0.2, -0.15) is 0 Å². The number of aromatic nitrogens is 2. The van der Waals surface area contributed by atoms with Crippen LogP contribution in [0.3, 0.4) is 0 Å². The Morgan fingerprint density at radius 1 is 0.925 bits per heavy atom. The van der Waals surface area contributed by atoms with E-state index in [0.29, 0.717) is 25.8 Å². The molecule has 11 nitrogen and oxygen atoms in total. The molecule has 5 atom stereocenters. The lowest BCUT2D eigenvalue weighted by Gasteiger charge is -2.26. The minimum Gasteiger partial charge on any atom is -0.382 e. The Kier molecular flexibility index (Phi) is 21.0. The lowest BCUT2D eigenvalue weighted by molar-refractivity contribution is -0.115. The average Bonchev–Trinajstić information content (AvgIpc) is 3.45. The van der Waals surface area contributed by atoms with Crippen LogP contribution < -0.4 is 16.6 Å². The average molecular weight is 746 g/mol. The van der Waals surface area contributed by atoms with Gasteiger partial charge in [-0.05, 0) is 139 Å². The molecule has 0 radical (unpaired) electrons. The van der Waals surface area contributed by atoms with E-state index in [0.717, 1.165) is 6.42 Å². The third-order valence-electron chi connectivity index (χ3n) is 6.43. The number of ether oxygens (including phenoxy) is 2. The minimum atomic E-state index is -3.60. The van der Waals surface area contributed by atoms with Gasteiger partial charge in [-0.15, -0.1) is 0 Å². The van der Waals surface area contributed by atoms with E-state index in [2.05, 4.69) is 129 Å². The first-order chi connectivity index (χ1) is 25.7. The summed E-state index contributed by atoms with van der Waals surface area (Å²) in [6.07, 6.45) is 5.46. The highest BCUT2D eigenvalue weighted by Crippen LogP contribution is 2.50. The molecule has 2 heterocycles. The van der Waals surface area contributed by atoms with Crippen molar-refractivity contribution in [3.63, 3.8) is 0 Å². The SMILES string of the molecule is CC#CC#CC#CC#CC#CC#CC#CC#CC#CC#CC(=O)NCCCC/C=C/C[C@H]1C(OP(O)(=S)OC)[C@@H](COC)O[C@H]1n1ccc(=O)[nH]c1=O. The number of H-pyrrole nitrogens is 1. The number of rotatable bonds is 13. The van der Waals surface area contributed by atoms with E-state index in [4.69, 9.17) is 30.3 Å². The van der Waals surface area contributed by atoms with Gasteiger partial charge in [-0.1, -0.05) is 18.1 Å². The second kappa shape index (κ2) is 25.8. The summed E-state index contributed by atoms with van der Waals surface area (Å²) in [6, 6.07) is 1.21. The number of methoxy groups -OCH3 is 1. The van der Waals surface area contributed by atoms with E-state index in [1.807, 2.05) is 12.2 Å². The van der Waals surface area contributed by atoms with Crippen LogP contribution in [0.5, 0.6) is 0 Å². The van der Waals surface area contributed by atoms with Crippen molar-refractivity contribution in [2.24, 2.45) is 5.92 Å². The molecule has 1 saturated heterocycles. The number of amides is 1. The molecule has 1 aliphatic heterocycles. The summed E-state index contributed by atoms with van der Waals surface area (Å²) in [5.74, 6) is 49.0. The maximum Gasteiger partial charge on any atom is 0.330 e. The Bertz CT molecular complexity index is 2330. The molecule has 0 aromatic carbocycles. The highest BCUT2D eigenvalue weighted by atomic mass is 32.5. The minimum absolute atomic E-state index is 0.0985. The molecule has 2 rings (SSSR count). The highest BCUT2D eigenvalue weighted by molar-refractivity contribution is 8.07. The van der Waals surface area contributed by atoms with E-state index < -0.39 is 48.2 Å². The first-order valence-corrected chi connectivity index (χ1v) is 18.2. The van der Waals surface area contributed by atoms with Gasteiger partial charge >= 0.3 is 12.4 Å². The lowest BCUT2D eigenvalue weighted by atomic mass is 9.95. The van der Waals surface area contributed by atoms with Gasteiger partial charge in [0.15, 0.2) is 0 Å². The third-order valence-corrected chi connectivity index (χ3v) is 8.11. The van der Waals surface area contributed by atoms with Crippen LogP contribution in [0.1, 0.15) is 38.8 Å². The number of aromatic amines is 1. The van der Waals surface area contributed by atoms with Gasteiger partial charge in [0.05, 0.1) is 6.61 Å². The summed E-state index contributed by atoms with van der Waals surface area (Å²) in [6.45, 7) is -1.40. The van der Waals surface area contributed by atoms with E-state index in [9.17, 15) is 19.3 Å². The molecule has 1 amide bonds. The number of carbonyl (C=O) groups is 1. The van der Waals surface area contributed by atoms with Crippen molar-refractivity contribution in [1.29, 1.82) is 0 Å². The Morgan fingerprint density at radius 2 is 1.49 bits per heavy atom. The van der Waals surface area contributed by atoms with Crippen LogP contribution in [-0.2, 0) is 35.1 Å². The first kappa shape index (κ1) is 43.1. The normalized spacial score (nSPS) is 16.9. The van der Waals surface area contributed by atoms with Gasteiger partial charge < -0.3 is 28.7 Å². The molecule has 1 fully saturated rings. The first-order valence-electron chi connectivity index (χ1n) is 15.6. The largest absolute Gasteiger partial charge is 0.382 e. The molecule has 0 saturated carbocycles. The van der Waals surface area contributed by atoms with Gasteiger partial charge in [0.1, 0.15) is 18.4 Å². The maximum absolute atomic E-state index is 12.6. The summed E-state index contributed by atoms with van der Waals surface area (Å²) < 4.78 is 23.4. The lowest BCUT2D eigenvalue weighted by Crippen LogP contribution is -2.35. The Labute approximate surface area is 314 Å². The number of hydrogen-bond acceptors (Lipinski definition) is 8. The van der Waals surface area contributed by atoms with Crippen molar-refractivity contribution < 1.29 is 28.2 Å². The molecule has 0 bridgehead atoms. The zero-order chi connectivity index (χ0) is 38.6. The molecule has 3 N–H and O–H groups in total. The van der Waals surface area contributed by atoms with Crippen molar-refractivity contribution in [2.45, 2.75) is 51.0 Å². The molecule has 1 aromatic rings. The summed E-state index contributed by atoms with van der Waals surface area (Å²) in [4.78, 5) is 48.8.